The molecule has 3 N–H and O–H groups in total. The SMILES string of the molecule is CCCCc1nc2c(N)nnc(N3CCC(c4ccc(CO)cc4)C3)c2n1C. The molecule has 1 unspecified atom stereocenters. The van der Waals surface area contributed by atoms with Crippen molar-refractivity contribution in [2.24, 2.45) is 7.05 Å². The number of aryl methyl sites for hydroxylation is 2. The molecule has 0 bridgehead atoms. The van der Waals surface area contributed by atoms with Gasteiger partial charge in [-0.3, -0.25) is 0 Å². The van der Waals surface area contributed by atoms with E-state index in [0.717, 1.165) is 67.0 Å². The number of aromatic nitrogens is 4. The molecule has 0 spiro atoms. The van der Waals surface area contributed by atoms with Gasteiger partial charge in [-0.15, -0.1) is 10.2 Å². The average Bonchev–Trinajstić information content (AvgIpc) is 3.33. The van der Waals surface area contributed by atoms with E-state index >= 15 is 0 Å². The number of rotatable bonds is 6. The van der Waals surface area contributed by atoms with Crippen LogP contribution in [0.25, 0.3) is 11.0 Å². The number of aliphatic hydroxyl groups is 1. The number of nitrogens with two attached hydrogens (primary N) is 1. The summed E-state index contributed by atoms with van der Waals surface area (Å²) >= 11 is 0. The third kappa shape index (κ3) is 3.30. The van der Waals surface area contributed by atoms with Gasteiger partial charge >= 0.3 is 0 Å². The maximum atomic E-state index is 9.25. The van der Waals surface area contributed by atoms with Gasteiger partial charge in [0, 0.05) is 32.5 Å². The van der Waals surface area contributed by atoms with Crippen molar-refractivity contribution in [3.8, 4) is 0 Å². The lowest BCUT2D eigenvalue weighted by atomic mass is 9.97. The van der Waals surface area contributed by atoms with Gasteiger partial charge in [0.05, 0.1) is 6.61 Å². The van der Waals surface area contributed by atoms with Crippen LogP contribution in [0.3, 0.4) is 0 Å². The maximum Gasteiger partial charge on any atom is 0.177 e. The number of unbranched alkanes of at least 4 members (excludes halogenated alkanes) is 1. The molecule has 148 valence electrons. The highest BCUT2D eigenvalue weighted by molar-refractivity contribution is 5.93. The Bertz CT molecular complexity index is 965. The van der Waals surface area contributed by atoms with Crippen LogP contribution in [0, 0.1) is 0 Å². The van der Waals surface area contributed by atoms with Gasteiger partial charge in [0.1, 0.15) is 16.9 Å². The quantitative estimate of drug-likeness (QED) is 0.683. The fraction of sp³-hybridized carbons (Fsp3) is 0.476. The molecular weight excluding hydrogens is 352 g/mol. The fourth-order valence-electron chi connectivity index (χ4n) is 4.07. The summed E-state index contributed by atoms with van der Waals surface area (Å²) in [6.07, 6.45) is 4.22. The van der Waals surface area contributed by atoms with Gasteiger partial charge in [-0.1, -0.05) is 37.6 Å². The summed E-state index contributed by atoms with van der Waals surface area (Å²) in [5.41, 5.74) is 10.1. The lowest BCUT2D eigenvalue weighted by Crippen LogP contribution is -2.22. The maximum absolute atomic E-state index is 9.25. The second-order valence-corrected chi connectivity index (χ2v) is 7.63. The molecule has 0 saturated carbocycles. The zero-order valence-corrected chi connectivity index (χ0v) is 16.6. The van der Waals surface area contributed by atoms with E-state index in [1.165, 1.54) is 5.56 Å². The molecule has 2 aromatic heterocycles. The number of fused-ring (bicyclic) bond motifs is 1. The first-order chi connectivity index (χ1) is 13.6. The zero-order chi connectivity index (χ0) is 19.7. The zero-order valence-electron chi connectivity index (χ0n) is 16.6. The molecule has 7 nitrogen and oxygen atoms in total. The molecule has 0 aliphatic carbocycles. The van der Waals surface area contributed by atoms with Crippen LogP contribution in [0.4, 0.5) is 11.6 Å². The van der Waals surface area contributed by atoms with E-state index in [-0.39, 0.29) is 6.61 Å². The molecule has 7 heteroatoms. The van der Waals surface area contributed by atoms with E-state index in [1.54, 1.807) is 0 Å². The molecule has 0 amide bonds. The summed E-state index contributed by atoms with van der Waals surface area (Å²) < 4.78 is 2.13. The predicted octanol–water partition coefficient (Wildman–Crippen LogP) is 2.77. The molecule has 4 rings (SSSR count). The number of nitrogen functional groups attached to an aromatic ring is 1. The molecular formula is C21H28N6O. The number of aliphatic hydroxyl groups excluding tert-OH is 1. The third-order valence-electron chi connectivity index (χ3n) is 5.77. The molecule has 1 saturated heterocycles. The summed E-state index contributed by atoms with van der Waals surface area (Å²) in [6.45, 7) is 4.08. The van der Waals surface area contributed by atoms with Crippen molar-refractivity contribution in [2.45, 2.75) is 45.1 Å². The molecule has 0 radical (unpaired) electrons. The van der Waals surface area contributed by atoms with Crippen LogP contribution in [0.1, 0.15) is 49.1 Å². The number of hydrogen-bond acceptors (Lipinski definition) is 6. The Labute approximate surface area is 165 Å². The monoisotopic (exact) mass is 380 g/mol. The number of nitrogens with zero attached hydrogens (tertiary/aromatic N) is 5. The minimum Gasteiger partial charge on any atom is -0.392 e. The van der Waals surface area contributed by atoms with Crippen molar-refractivity contribution in [3.63, 3.8) is 0 Å². The minimum atomic E-state index is 0.0803. The van der Waals surface area contributed by atoms with Gasteiger partial charge < -0.3 is 20.3 Å². The first kappa shape index (κ1) is 18.7. The summed E-state index contributed by atoms with van der Waals surface area (Å²) in [4.78, 5) is 7.06. The molecule has 1 fully saturated rings. The number of imidazole rings is 1. The molecule has 3 heterocycles. The van der Waals surface area contributed by atoms with Gasteiger partial charge in [-0.05, 0) is 24.0 Å². The van der Waals surface area contributed by atoms with Crippen molar-refractivity contribution in [3.05, 3.63) is 41.2 Å². The second kappa shape index (κ2) is 7.75. The van der Waals surface area contributed by atoms with Crippen LogP contribution in [0.2, 0.25) is 0 Å². The van der Waals surface area contributed by atoms with Crippen LogP contribution >= 0.6 is 0 Å². The number of benzene rings is 1. The highest BCUT2D eigenvalue weighted by Gasteiger charge is 2.28. The minimum absolute atomic E-state index is 0.0803. The normalized spacial score (nSPS) is 17.0. The van der Waals surface area contributed by atoms with Gasteiger partial charge in [0.15, 0.2) is 11.6 Å². The van der Waals surface area contributed by atoms with Crippen molar-refractivity contribution < 1.29 is 5.11 Å². The Kier molecular flexibility index (Phi) is 5.17. The van der Waals surface area contributed by atoms with E-state index in [9.17, 15) is 5.11 Å². The van der Waals surface area contributed by atoms with Gasteiger partial charge in [0.25, 0.3) is 0 Å². The van der Waals surface area contributed by atoms with Crippen molar-refractivity contribution in [1.82, 2.24) is 19.7 Å². The predicted molar refractivity (Wildman–Crippen MR) is 111 cm³/mol. The van der Waals surface area contributed by atoms with Gasteiger partial charge in [-0.25, -0.2) is 4.98 Å². The fourth-order valence-corrected chi connectivity index (χ4v) is 4.07. The van der Waals surface area contributed by atoms with Gasteiger partial charge in [-0.2, -0.15) is 0 Å². The van der Waals surface area contributed by atoms with Crippen molar-refractivity contribution in [1.29, 1.82) is 0 Å². The first-order valence-corrected chi connectivity index (χ1v) is 10.0. The number of anilines is 2. The van der Waals surface area contributed by atoms with E-state index in [0.29, 0.717) is 11.7 Å². The molecule has 28 heavy (non-hydrogen) atoms. The second-order valence-electron chi connectivity index (χ2n) is 7.63. The van der Waals surface area contributed by atoms with Crippen LogP contribution < -0.4 is 10.6 Å². The lowest BCUT2D eigenvalue weighted by Gasteiger charge is -2.19. The summed E-state index contributed by atoms with van der Waals surface area (Å²) in [5.74, 6) is 2.74. The van der Waals surface area contributed by atoms with Crippen LogP contribution in [0.5, 0.6) is 0 Å². The third-order valence-corrected chi connectivity index (χ3v) is 5.77. The van der Waals surface area contributed by atoms with E-state index in [2.05, 4.69) is 38.7 Å². The number of hydrogen-bond donors (Lipinski definition) is 2. The Morgan fingerprint density at radius 2 is 2.00 bits per heavy atom. The molecule has 1 aliphatic heterocycles. The molecule has 1 aliphatic rings. The van der Waals surface area contributed by atoms with Crippen molar-refractivity contribution >= 4 is 22.7 Å². The van der Waals surface area contributed by atoms with Gasteiger partial charge in [0.2, 0.25) is 0 Å². The van der Waals surface area contributed by atoms with E-state index < -0.39 is 0 Å². The first-order valence-electron chi connectivity index (χ1n) is 10.0. The van der Waals surface area contributed by atoms with E-state index in [4.69, 9.17) is 10.7 Å². The van der Waals surface area contributed by atoms with Crippen LogP contribution in [-0.4, -0.2) is 37.9 Å². The topological polar surface area (TPSA) is 93.1 Å². The van der Waals surface area contributed by atoms with Crippen LogP contribution in [-0.2, 0) is 20.1 Å². The Morgan fingerprint density at radius 3 is 2.71 bits per heavy atom. The Balaban J connectivity index is 1.63. The summed E-state index contributed by atoms with van der Waals surface area (Å²) in [6, 6.07) is 8.24. The molecule has 3 aromatic rings. The summed E-state index contributed by atoms with van der Waals surface area (Å²) in [7, 11) is 2.05. The Hall–Kier alpha value is -2.67. The highest BCUT2D eigenvalue weighted by atomic mass is 16.3. The Morgan fingerprint density at radius 1 is 1.21 bits per heavy atom. The molecule has 1 atom stereocenters. The lowest BCUT2D eigenvalue weighted by molar-refractivity contribution is 0.282. The standard InChI is InChI=1S/C21H28N6O/c1-3-4-5-17-23-18-19(26(17)2)21(25-24-20(18)22)27-11-10-16(12-27)15-8-6-14(13-28)7-9-15/h6-9,16,28H,3-5,10-13H2,1-2H3,(H2,22,24). The molecule has 1 aromatic carbocycles. The smallest absolute Gasteiger partial charge is 0.177 e. The van der Waals surface area contributed by atoms with Crippen LogP contribution in [0.15, 0.2) is 24.3 Å². The largest absolute Gasteiger partial charge is 0.392 e. The summed E-state index contributed by atoms with van der Waals surface area (Å²) in [5, 5.41) is 17.9. The van der Waals surface area contributed by atoms with Crippen molar-refractivity contribution in [2.75, 3.05) is 23.7 Å². The highest BCUT2D eigenvalue weighted by Crippen LogP contribution is 2.34. The average molecular weight is 380 g/mol. The van der Waals surface area contributed by atoms with E-state index in [1.807, 2.05) is 19.2 Å².